The second-order valence-electron chi connectivity index (χ2n) is 7.51. The fraction of sp³-hybridized carbons (Fsp3) is 0.350. The third kappa shape index (κ3) is 4.73. The summed E-state index contributed by atoms with van der Waals surface area (Å²) in [5.41, 5.74) is 3.10. The first-order valence-electron chi connectivity index (χ1n) is 10.3. The van der Waals surface area contributed by atoms with Gasteiger partial charge in [0.2, 0.25) is 11.9 Å². The first-order valence-corrected chi connectivity index (χ1v) is 12.6. The SMILES string of the molecule is CCN1C(N2CCC(C(=O)N/N=C/c3ccc([N+](=O)[O-])s3)CC2)=NS(=O)(=O)c2ccccc21. The molecule has 2 aliphatic rings. The summed E-state index contributed by atoms with van der Waals surface area (Å²) in [5, 5.41) is 14.6. The molecule has 0 saturated carbocycles. The number of anilines is 1. The second kappa shape index (κ2) is 9.27. The fourth-order valence-electron chi connectivity index (χ4n) is 3.85. The molecule has 1 aromatic heterocycles. The van der Waals surface area contributed by atoms with E-state index >= 15 is 0 Å². The highest BCUT2D eigenvalue weighted by atomic mass is 32.2. The van der Waals surface area contributed by atoms with E-state index in [4.69, 9.17) is 0 Å². The van der Waals surface area contributed by atoms with Crippen LogP contribution in [0.25, 0.3) is 0 Å². The van der Waals surface area contributed by atoms with Gasteiger partial charge in [-0.3, -0.25) is 14.9 Å². The van der Waals surface area contributed by atoms with E-state index in [1.54, 1.807) is 30.3 Å². The van der Waals surface area contributed by atoms with Crippen LogP contribution >= 0.6 is 11.3 Å². The minimum absolute atomic E-state index is 0.00605. The molecule has 11 nitrogen and oxygen atoms in total. The molecule has 0 unspecified atom stereocenters. The smallest absolute Gasteiger partial charge is 0.324 e. The first-order chi connectivity index (χ1) is 15.8. The molecule has 2 aromatic rings. The van der Waals surface area contributed by atoms with E-state index in [2.05, 4.69) is 14.9 Å². The molecule has 0 bridgehead atoms. The van der Waals surface area contributed by atoms with E-state index in [1.165, 1.54) is 12.3 Å². The lowest BCUT2D eigenvalue weighted by molar-refractivity contribution is -0.380. The number of fused-ring (bicyclic) bond motifs is 1. The molecule has 0 aliphatic carbocycles. The highest BCUT2D eigenvalue weighted by Crippen LogP contribution is 2.33. The van der Waals surface area contributed by atoms with Crippen molar-refractivity contribution in [1.29, 1.82) is 0 Å². The molecule has 2 aliphatic heterocycles. The Kier molecular flexibility index (Phi) is 6.42. The third-order valence-electron chi connectivity index (χ3n) is 5.50. The van der Waals surface area contributed by atoms with E-state index in [-0.39, 0.29) is 21.7 Å². The number of hydrazone groups is 1. The van der Waals surface area contributed by atoms with Crippen molar-refractivity contribution >= 4 is 50.1 Å². The topological polar surface area (TPSA) is 138 Å². The minimum atomic E-state index is -3.79. The molecule has 1 aromatic carbocycles. The zero-order valence-electron chi connectivity index (χ0n) is 17.7. The van der Waals surface area contributed by atoms with Gasteiger partial charge in [0.1, 0.15) is 4.90 Å². The number of carbonyl (C=O) groups excluding carboxylic acids is 1. The number of piperidine rings is 1. The van der Waals surface area contributed by atoms with Gasteiger partial charge in [0.05, 0.1) is 21.7 Å². The zero-order valence-corrected chi connectivity index (χ0v) is 19.4. The number of nitro groups is 1. The molecule has 4 rings (SSSR count). The summed E-state index contributed by atoms with van der Waals surface area (Å²) in [6, 6.07) is 9.75. The predicted molar refractivity (Wildman–Crippen MR) is 125 cm³/mol. The predicted octanol–water partition coefficient (Wildman–Crippen LogP) is 2.40. The Balaban J connectivity index is 1.38. The summed E-state index contributed by atoms with van der Waals surface area (Å²) in [5.74, 6) is -0.139. The number of para-hydroxylation sites is 1. The standard InChI is InChI=1S/C20H22N6O5S2/c1-2-25-16-5-3-4-6-17(16)33(30,31)23-20(25)24-11-9-14(10-12-24)19(27)22-21-13-15-7-8-18(32-15)26(28)29/h3-8,13-14H,2,9-12H2,1H3,(H,22,27)/b21-13+. The van der Waals surface area contributed by atoms with E-state index < -0.39 is 14.9 Å². The van der Waals surface area contributed by atoms with Crippen molar-refractivity contribution in [3.63, 3.8) is 0 Å². The Hall–Kier alpha value is -3.32. The molecule has 3 heterocycles. The highest BCUT2D eigenvalue weighted by Gasteiger charge is 2.35. The number of benzene rings is 1. The number of guanidine groups is 1. The van der Waals surface area contributed by atoms with Gasteiger partial charge in [0.25, 0.3) is 10.0 Å². The largest absolute Gasteiger partial charge is 0.342 e. The summed E-state index contributed by atoms with van der Waals surface area (Å²) >= 11 is 0.968. The van der Waals surface area contributed by atoms with E-state index in [1.807, 2.05) is 16.7 Å². The van der Waals surface area contributed by atoms with Crippen molar-refractivity contribution < 1.29 is 18.1 Å². The van der Waals surface area contributed by atoms with Crippen molar-refractivity contribution in [3.8, 4) is 0 Å². The molecule has 1 N–H and O–H groups in total. The van der Waals surface area contributed by atoms with Crippen molar-refractivity contribution in [3.05, 3.63) is 51.4 Å². The fourth-order valence-corrected chi connectivity index (χ4v) is 5.77. The van der Waals surface area contributed by atoms with Crippen LogP contribution in [0.5, 0.6) is 0 Å². The number of hydrogen-bond acceptors (Lipinski definition) is 9. The molecule has 174 valence electrons. The lowest BCUT2D eigenvalue weighted by Crippen LogP contribution is -2.51. The second-order valence-corrected chi connectivity index (χ2v) is 10.2. The lowest BCUT2D eigenvalue weighted by Gasteiger charge is -2.39. The van der Waals surface area contributed by atoms with Gasteiger partial charge in [-0.2, -0.15) is 13.5 Å². The number of sulfonamides is 1. The maximum Gasteiger partial charge on any atom is 0.324 e. The molecule has 1 amide bonds. The quantitative estimate of drug-likeness (QED) is 0.386. The van der Waals surface area contributed by atoms with Crippen molar-refractivity contribution in [1.82, 2.24) is 10.3 Å². The van der Waals surface area contributed by atoms with Gasteiger partial charge in [-0.05, 0) is 38.0 Å². The van der Waals surface area contributed by atoms with Crippen LogP contribution in [0.4, 0.5) is 10.7 Å². The summed E-state index contributed by atoms with van der Waals surface area (Å²) in [6.45, 7) is 3.45. The van der Waals surface area contributed by atoms with Gasteiger partial charge in [0, 0.05) is 31.6 Å². The Morgan fingerprint density at radius 3 is 2.70 bits per heavy atom. The summed E-state index contributed by atoms with van der Waals surface area (Å²) in [7, 11) is -3.79. The highest BCUT2D eigenvalue weighted by molar-refractivity contribution is 7.90. The van der Waals surface area contributed by atoms with E-state index in [0.717, 1.165) is 11.3 Å². The molecular formula is C20H22N6O5S2. The third-order valence-corrected chi connectivity index (χ3v) is 7.78. The summed E-state index contributed by atoms with van der Waals surface area (Å²) in [6.07, 6.45) is 2.41. The van der Waals surface area contributed by atoms with Crippen molar-refractivity contribution in [2.45, 2.75) is 24.7 Å². The summed E-state index contributed by atoms with van der Waals surface area (Å²) in [4.78, 5) is 27.3. The average molecular weight is 491 g/mol. The zero-order chi connectivity index (χ0) is 23.6. The van der Waals surface area contributed by atoms with Gasteiger partial charge >= 0.3 is 5.00 Å². The Labute approximate surface area is 194 Å². The van der Waals surface area contributed by atoms with Crippen LogP contribution in [0.1, 0.15) is 24.6 Å². The Morgan fingerprint density at radius 1 is 1.30 bits per heavy atom. The number of thiophene rings is 1. The van der Waals surface area contributed by atoms with Crippen LogP contribution in [0.2, 0.25) is 0 Å². The molecular weight excluding hydrogens is 468 g/mol. The van der Waals surface area contributed by atoms with Crippen LogP contribution in [0.3, 0.4) is 0 Å². The van der Waals surface area contributed by atoms with Gasteiger partial charge < -0.3 is 9.80 Å². The lowest BCUT2D eigenvalue weighted by atomic mass is 9.96. The number of nitrogens with zero attached hydrogens (tertiary/aromatic N) is 5. The molecule has 1 fully saturated rings. The van der Waals surface area contributed by atoms with Gasteiger partial charge in [-0.15, -0.1) is 4.40 Å². The van der Waals surface area contributed by atoms with E-state index in [9.17, 15) is 23.3 Å². The van der Waals surface area contributed by atoms with Crippen molar-refractivity contribution in [2.75, 3.05) is 24.5 Å². The van der Waals surface area contributed by atoms with Crippen LogP contribution < -0.4 is 10.3 Å². The molecule has 33 heavy (non-hydrogen) atoms. The van der Waals surface area contributed by atoms with Crippen LogP contribution in [-0.2, 0) is 14.8 Å². The molecule has 1 saturated heterocycles. The van der Waals surface area contributed by atoms with Gasteiger partial charge in [-0.25, -0.2) is 5.43 Å². The van der Waals surface area contributed by atoms with Crippen LogP contribution in [-0.4, -0.2) is 56.0 Å². The minimum Gasteiger partial charge on any atom is -0.342 e. The van der Waals surface area contributed by atoms with Gasteiger partial charge in [0.15, 0.2) is 0 Å². The Bertz CT molecular complexity index is 1230. The maximum absolute atomic E-state index is 12.7. The number of amides is 1. The molecule has 0 radical (unpaired) electrons. The van der Waals surface area contributed by atoms with Crippen LogP contribution in [0.15, 0.2) is 50.8 Å². The first kappa shape index (κ1) is 22.9. The number of likely N-dealkylation sites (tertiary alicyclic amines) is 1. The van der Waals surface area contributed by atoms with Crippen molar-refractivity contribution in [2.24, 2.45) is 15.4 Å². The average Bonchev–Trinajstić information content (AvgIpc) is 3.28. The number of rotatable bonds is 5. The monoisotopic (exact) mass is 490 g/mol. The van der Waals surface area contributed by atoms with Crippen LogP contribution in [0, 0.1) is 16.0 Å². The Morgan fingerprint density at radius 2 is 2.03 bits per heavy atom. The number of carbonyl (C=O) groups is 1. The maximum atomic E-state index is 12.7. The molecule has 0 atom stereocenters. The summed E-state index contributed by atoms with van der Waals surface area (Å²) < 4.78 is 29.4. The normalized spacial score (nSPS) is 18.2. The number of hydrogen-bond donors (Lipinski definition) is 1. The van der Waals surface area contributed by atoms with E-state index in [0.29, 0.717) is 49.0 Å². The molecule has 13 heteroatoms. The van der Waals surface area contributed by atoms with Gasteiger partial charge in [-0.1, -0.05) is 23.5 Å². The number of nitrogens with one attached hydrogen (secondary N) is 1. The molecule has 0 spiro atoms.